The topological polar surface area (TPSA) is 56.7 Å². The van der Waals surface area contributed by atoms with Crippen molar-refractivity contribution in [3.63, 3.8) is 0 Å². The first-order valence-electron chi connectivity index (χ1n) is 7.51. The second kappa shape index (κ2) is 9.00. The highest BCUT2D eigenvalue weighted by atomic mass is 127. The Balaban J connectivity index is 0.00000180. The van der Waals surface area contributed by atoms with Gasteiger partial charge < -0.3 is 15.7 Å². The van der Waals surface area contributed by atoms with Crippen molar-refractivity contribution in [2.45, 2.75) is 64.0 Å². The lowest BCUT2D eigenvalue weighted by Crippen LogP contribution is -2.45. The van der Waals surface area contributed by atoms with E-state index in [2.05, 4.69) is 22.5 Å². The molecule has 0 bridgehead atoms. The smallest absolute Gasteiger partial charge is 0.191 e. The van der Waals surface area contributed by atoms with E-state index in [0.717, 1.165) is 50.7 Å². The molecular weight excluding hydrogens is 353 g/mol. The molecule has 0 aromatic heterocycles. The predicted molar refractivity (Wildman–Crippen MR) is 90.1 cm³/mol. The maximum absolute atomic E-state index is 9.50. The predicted octanol–water partition coefficient (Wildman–Crippen LogP) is 2.26. The molecule has 2 rings (SSSR count). The number of rotatable bonds is 5. The van der Waals surface area contributed by atoms with Gasteiger partial charge in [0.15, 0.2) is 5.96 Å². The first kappa shape index (κ1) is 17.0. The van der Waals surface area contributed by atoms with Crippen molar-refractivity contribution in [3.05, 3.63) is 0 Å². The van der Waals surface area contributed by atoms with E-state index in [4.69, 9.17) is 0 Å². The number of aliphatic imine (C=N–C) groups is 1. The van der Waals surface area contributed by atoms with Crippen LogP contribution in [0.5, 0.6) is 0 Å². The van der Waals surface area contributed by atoms with E-state index >= 15 is 0 Å². The maximum atomic E-state index is 9.50. The lowest BCUT2D eigenvalue weighted by Gasteiger charge is -2.27. The molecule has 0 spiro atoms. The Morgan fingerprint density at radius 3 is 2.42 bits per heavy atom. The van der Waals surface area contributed by atoms with Crippen molar-refractivity contribution in [2.24, 2.45) is 10.9 Å². The summed E-state index contributed by atoms with van der Waals surface area (Å²) in [5.74, 6) is 1.90. The Kier molecular flexibility index (Phi) is 8.06. The van der Waals surface area contributed by atoms with E-state index in [1.807, 2.05) is 0 Å². The Bertz CT molecular complexity index is 274. The molecule has 19 heavy (non-hydrogen) atoms. The number of nitrogens with zero attached hydrogens (tertiary/aromatic N) is 1. The summed E-state index contributed by atoms with van der Waals surface area (Å²) in [6, 6.07) is 0.479. The van der Waals surface area contributed by atoms with Crippen molar-refractivity contribution in [2.75, 3.05) is 13.1 Å². The second-order valence-corrected chi connectivity index (χ2v) is 5.64. The SMILES string of the molecule is CCNC(=NCCC1CC1)NC1CCC(O)CC1.I. The average molecular weight is 381 g/mol. The van der Waals surface area contributed by atoms with Gasteiger partial charge in [0.1, 0.15) is 0 Å². The Morgan fingerprint density at radius 1 is 1.16 bits per heavy atom. The van der Waals surface area contributed by atoms with E-state index < -0.39 is 0 Å². The lowest BCUT2D eigenvalue weighted by atomic mass is 9.93. The summed E-state index contributed by atoms with van der Waals surface area (Å²) in [6.45, 7) is 3.95. The normalized spacial score (nSPS) is 27.6. The fourth-order valence-corrected chi connectivity index (χ4v) is 2.50. The highest BCUT2D eigenvalue weighted by Crippen LogP contribution is 2.32. The summed E-state index contributed by atoms with van der Waals surface area (Å²) in [6.07, 6.45) is 7.89. The van der Waals surface area contributed by atoms with E-state index in [0.29, 0.717) is 6.04 Å². The van der Waals surface area contributed by atoms with Crippen LogP contribution in [0.3, 0.4) is 0 Å². The molecule has 0 aromatic rings. The summed E-state index contributed by atoms with van der Waals surface area (Å²) < 4.78 is 0. The standard InChI is InChI=1S/C14H27N3O.HI/c1-2-15-14(16-10-9-11-3-4-11)17-12-5-7-13(18)8-6-12;/h11-13,18H,2-10H2,1H3,(H2,15,16,17);1H. The number of guanidine groups is 1. The molecule has 2 aliphatic rings. The third-order valence-corrected chi connectivity index (χ3v) is 3.89. The molecule has 0 heterocycles. The van der Waals surface area contributed by atoms with Gasteiger partial charge in [-0.25, -0.2) is 0 Å². The number of halogens is 1. The Hall–Kier alpha value is -0.0400. The number of hydrogen-bond acceptors (Lipinski definition) is 2. The maximum Gasteiger partial charge on any atom is 0.191 e. The molecule has 3 N–H and O–H groups in total. The monoisotopic (exact) mass is 381 g/mol. The summed E-state index contributed by atoms with van der Waals surface area (Å²) in [5.41, 5.74) is 0. The van der Waals surface area contributed by atoms with Crippen molar-refractivity contribution in [1.82, 2.24) is 10.6 Å². The molecule has 5 heteroatoms. The fourth-order valence-electron chi connectivity index (χ4n) is 2.50. The van der Waals surface area contributed by atoms with Crippen molar-refractivity contribution < 1.29 is 5.11 Å². The molecule has 0 amide bonds. The molecule has 0 atom stereocenters. The van der Waals surface area contributed by atoms with Crippen molar-refractivity contribution >= 4 is 29.9 Å². The molecular formula is C14H28IN3O. The van der Waals surface area contributed by atoms with Gasteiger partial charge >= 0.3 is 0 Å². The number of aliphatic hydroxyl groups is 1. The van der Waals surface area contributed by atoms with Crippen LogP contribution in [-0.2, 0) is 0 Å². The quantitative estimate of drug-likeness (QED) is 0.389. The van der Waals surface area contributed by atoms with Gasteiger partial charge in [0.2, 0.25) is 0 Å². The number of hydrogen-bond donors (Lipinski definition) is 3. The molecule has 0 aromatic carbocycles. The third kappa shape index (κ3) is 6.79. The van der Waals surface area contributed by atoms with Crippen molar-refractivity contribution in [1.29, 1.82) is 0 Å². The van der Waals surface area contributed by atoms with Gasteiger partial charge in [0, 0.05) is 19.1 Å². The summed E-state index contributed by atoms with van der Waals surface area (Å²) >= 11 is 0. The van der Waals surface area contributed by atoms with E-state index in [-0.39, 0.29) is 30.1 Å². The van der Waals surface area contributed by atoms with Gasteiger partial charge in [0.25, 0.3) is 0 Å². The van der Waals surface area contributed by atoms with Crippen LogP contribution in [0.2, 0.25) is 0 Å². The molecule has 2 saturated carbocycles. The minimum Gasteiger partial charge on any atom is -0.393 e. The first-order valence-corrected chi connectivity index (χ1v) is 7.51. The molecule has 2 fully saturated rings. The second-order valence-electron chi connectivity index (χ2n) is 5.64. The Labute approximate surface area is 133 Å². The van der Waals surface area contributed by atoms with Gasteiger partial charge in [-0.2, -0.15) is 0 Å². The van der Waals surface area contributed by atoms with Crippen LogP contribution >= 0.6 is 24.0 Å². The van der Waals surface area contributed by atoms with E-state index in [9.17, 15) is 5.11 Å². The van der Waals surface area contributed by atoms with Crippen LogP contribution < -0.4 is 10.6 Å². The minimum atomic E-state index is -0.0857. The molecule has 0 radical (unpaired) electrons. The van der Waals surface area contributed by atoms with Gasteiger partial charge in [-0.05, 0) is 44.9 Å². The largest absolute Gasteiger partial charge is 0.393 e. The van der Waals surface area contributed by atoms with Gasteiger partial charge in [-0.1, -0.05) is 12.8 Å². The zero-order chi connectivity index (χ0) is 12.8. The van der Waals surface area contributed by atoms with Crippen LogP contribution in [0.15, 0.2) is 4.99 Å². The van der Waals surface area contributed by atoms with Gasteiger partial charge in [-0.3, -0.25) is 4.99 Å². The molecule has 0 saturated heterocycles. The van der Waals surface area contributed by atoms with Crippen LogP contribution in [0, 0.1) is 5.92 Å². The lowest BCUT2D eigenvalue weighted by molar-refractivity contribution is 0.120. The first-order chi connectivity index (χ1) is 8.78. The number of aliphatic hydroxyl groups excluding tert-OH is 1. The van der Waals surface area contributed by atoms with Gasteiger partial charge in [-0.15, -0.1) is 24.0 Å². The summed E-state index contributed by atoms with van der Waals surface area (Å²) in [5, 5.41) is 16.3. The van der Waals surface area contributed by atoms with E-state index in [1.54, 1.807) is 0 Å². The Morgan fingerprint density at radius 2 is 1.84 bits per heavy atom. The minimum absolute atomic E-state index is 0. The highest BCUT2D eigenvalue weighted by molar-refractivity contribution is 14.0. The molecule has 2 aliphatic carbocycles. The fraction of sp³-hybridized carbons (Fsp3) is 0.929. The summed E-state index contributed by atoms with van der Waals surface area (Å²) in [7, 11) is 0. The summed E-state index contributed by atoms with van der Waals surface area (Å²) in [4.78, 5) is 4.64. The van der Waals surface area contributed by atoms with Crippen LogP contribution in [-0.4, -0.2) is 36.3 Å². The number of nitrogens with one attached hydrogen (secondary N) is 2. The zero-order valence-electron chi connectivity index (χ0n) is 11.9. The molecule has 0 unspecified atom stereocenters. The molecule has 4 nitrogen and oxygen atoms in total. The van der Waals surface area contributed by atoms with Crippen molar-refractivity contribution in [3.8, 4) is 0 Å². The average Bonchev–Trinajstić information content (AvgIpc) is 3.16. The zero-order valence-corrected chi connectivity index (χ0v) is 14.2. The molecule has 0 aliphatic heterocycles. The van der Waals surface area contributed by atoms with E-state index in [1.165, 1.54) is 19.3 Å². The van der Waals surface area contributed by atoms with Crippen LogP contribution in [0.1, 0.15) is 51.9 Å². The van der Waals surface area contributed by atoms with Crippen LogP contribution in [0.25, 0.3) is 0 Å². The van der Waals surface area contributed by atoms with Crippen LogP contribution in [0.4, 0.5) is 0 Å². The van der Waals surface area contributed by atoms with Gasteiger partial charge in [0.05, 0.1) is 6.10 Å². The molecule has 112 valence electrons. The highest BCUT2D eigenvalue weighted by Gasteiger charge is 2.21. The third-order valence-electron chi connectivity index (χ3n) is 3.89.